The van der Waals surface area contributed by atoms with E-state index in [0.717, 1.165) is 27.8 Å². The average Bonchev–Trinajstić information content (AvgIpc) is 2.68. The lowest BCUT2D eigenvalue weighted by Crippen LogP contribution is -2.07. The molecule has 0 aliphatic rings. The van der Waals surface area contributed by atoms with Crippen molar-refractivity contribution in [3.05, 3.63) is 47.6 Å². The maximum atomic E-state index is 13.0. The second-order valence-corrected chi connectivity index (χ2v) is 4.92. The van der Waals surface area contributed by atoms with Gasteiger partial charge in [0, 0.05) is 15.6 Å². The summed E-state index contributed by atoms with van der Waals surface area (Å²) in [6, 6.07) is 6.91. The average molecular weight is 235 g/mol. The van der Waals surface area contributed by atoms with E-state index < -0.39 is 0 Å². The maximum Gasteiger partial charge on any atom is 0.124 e. The van der Waals surface area contributed by atoms with Crippen molar-refractivity contribution in [3.8, 4) is 0 Å². The first-order valence-electron chi connectivity index (χ1n) is 5.26. The van der Waals surface area contributed by atoms with Gasteiger partial charge in [0.05, 0.1) is 0 Å². The Bertz CT molecular complexity index is 504. The lowest BCUT2D eigenvalue weighted by molar-refractivity contribution is 0.630. The molecule has 1 unspecified atom stereocenters. The Balaban J connectivity index is 2.28. The third kappa shape index (κ3) is 2.31. The van der Waals surface area contributed by atoms with Gasteiger partial charge in [-0.15, -0.1) is 17.9 Å². The van der Waals surface area contributed by atoms with Crippen molar-refractivity contribution >= 4 is 21.4 Å². The number of allylic oxidation sites excluding steroid dienone is 1. The fourth-order valence-electron chi connectivity index (χ4n) is 1.65. The molecule has 2 rings (SSSR count). The van der Waals surface area contributed by atoms with E-state index in [-0.39, 0.29) is 11.9 Å². The van der Waals surface area contributed by atoms with Crippen molar-refractivity contribution in [3.63, 3.8) is 0 Å². The summed E-state index contributed by atoms with van der Waals surface area (Å²) in [6.45, 7) is 3.68. The van der Waals surface area contributed by atoms with Crippen LogP contribution in [0.2, 0.25) is 0 Å². The molecule has 2 aromatic rings. The Morgan fingerprint density at radius 2 is 2.25 bits per heavy atom. The molecule has 0 aliphatic heterocycles. The molecule has 0 saturated heterocycles. The molecule has 2 N–H and O–H groups in total. The molecule has 1 nitrogen and oxygen atoms in total. The first-order valence-corrected chi connectivity index (χ1v) is 6.08. The number of rotatable bonds is 4. The molecular weight excluding hydrogens is 221 g/mol. The topological polar surface area (TPSA) is 26.0 Å². The monoisotopic (exact) mass is 235 g/mol. The Hall–Kier alpha value is -1.19. The van der Waals surface area contributed by atoms with Gasteiger partial charge in [-0.2, -0.15) is 0 Å². The summed E-state index contributed by atoms with van der Waals surface area (Å²) in [5.74, 6) is -0.194. The predicted octanol–water partition coefficient (Wildman–Crippen LogP) is 4.01. The lowest BCUT2D eigenvalue weighted by Gasteiger charge is -2.06. The minimum absolute atomic E-state index is 0.0264. The van der Waals surface area contributed by atoms with Crippen LogP contribution in [0.25, 0.3) is 10.1 Å². The zero-order valence-electron chi connectivity index (χ0n) is 8.95. The van der Waals surface area contributed by atoms with E-state index in [1.807, 2.05) is 12.1 Å². The standard InChI is InChI=1S/C13H14FNS/c1-2-3-4-11(15)13-7-9-5-6-10(14)8-12(9)16-13/h2,5-8,11H,1,3-4,15H2. The van der Waals surface area contributed by atoms with Crippen LogP contribution in [-0.2, 0) is 0 Å². The third-order valence-corrected chi connectivity index (χ3v) is 3.78. The first kappa shape index (κ1) is 11.3. The van der Waals surface area contributed by atoms with Crippen molar-refractivity contribution in [1.82, 2.24) is 0 Å². The van der Waals surface area contributed by atoms with Crippen LogP contribution in [0.3, 0.4) is 0 Å². The van der Waals surface area contributed by atoms with Gasteiger partial charge in [0.15, 0.2) is 0 Å². The number of hydrogen-bond acceptors (Lipinski definition) is 2. The normalized spacial score (nSPS) is 12.9. The Morgan fingerprint density at radius 3 is 3.00 bits per heavy atom. The van der Waals surface area contributed by atoms with Crippen molar-refractivity contribution in [2.45, 2.75) is 18.9 Å². The molecule has 0 spiro atoms. The first-order chi connectivity index (χ1) is 7.70. The molecular formula is C13H14FNS. The van der Waals surface area contributed by atoms with E-state index in [1.165, 1.54) is 6.07 Å². The van der Waals surface area contributed by atoms with E-state index in [2.05, 4.69) is 6.58 Å². The van der Waals surface area contributed by atoms with Crippen molar-refractivity contribution in [1.29, 1.82) is 0 Å². The van der Waals surface area contributed by atoms with Gasteiger partial charge in [-0.1, -0.05) is 12.1 Å². The molecule has 1 atom stereocenters. The van der Waals surface area contributed by atoms with Gasteiger partial charge in [0.25, 0.3) is 0 Å². The maximum absolute atomic E-state index is 13.0. The van der Waals surface area contributed by atoms with Crippen LogP contribution >= 0.6 is 11.3 Å². The van der Waals surface area contributed by atoms with Gasteiger partial charge in [-0.25, -0.2) is 4.39 Å². The second-order valence-electron chi connectivity index (χ2n) is 3.80. The summed E-state index contributed by atoms with van der Waals surface area (Å²) in [7, 11) is 0. The summed E-state index contributed by atoms with van der Waals surface area (Å²) in [6.07, 6.45) is 3.66. The van der Waals surface area contributed by atoms with E-state index in [4.69, 9.17) is 5.73 Å². The quantitative estimate of drug-likeness (QED) is 0.796. The molecule has 1 aromatic heterocycles. The highest BCUT2D eigenvalue weighted by atomic mass is 32.1. The molecule has 0 amide bonds. The van der Waals surface area contributed by atoms with Crippen LogP contribution in [0.15, 0.2) is 36.9 Å². The Labute approximate surface area is 98.4 Å². The van der Waals surface area contributed by atoms with E-state index in [0.29, 0.717) is 0 Å². The number of benzene rings is 1. The molecule has 1 aromatic carbocycles. The molecule has 0 saturated carbocycles. The fourth-order valence-corrected chi connectivity index (χ4v) is 2.77. The Morgan fingerprint density at radius 1 is 1.44 bits per heavy atom. The molecule has 84 valence electrons. The molecule has 3 heteroatoms. The minimum Gasteiger partial charge on any atom is -0.323 e. The molecule has 16 heavy (non-hydrogen) atoms. The Kier molecular flexibility index (Phi) is 3.36. The molecule has 1 heterocycles. The summed E-state index contributed by atoms with van der Waals surface area (Å²) in [5, 5.41) is 1.07. The van der Waals surface area contributed by atoms with Gasteiger partial charge in [0.2, 0.25) is 0 Å². The van der Waals surface area contributed by atoms with Crippen molar-refractivity contribution < 1.29 is 4.39 Å². The van der Waals surface area contributed by atoms with Crippen LogP contribution in [0.4, 0.5) is 4.39 Å². The summed E-state index contributed by atoms with van der Waals surface area (Å²) < 4.78 is 14.0. The van der Waals surface area contributed by atoms with E-state index in [9.17, 15) is 4.39 Å². The minimum atomic E-state index is -0.194. The smallest absolute Gasteiger partial charge is 0.124 e. The van der Waals surface area contributed by atoms with Crippen LogP contribution < -0.4 is 5.73 Å². The largest absolute Gasteiger partial charge is 0.323 e. The molecule has 0 fully saturated rings. The van der Waals surface area contributed by atoms with Gasteiger partial charge < -0.3 is 5.73 Å². The van der Waals surface area contributed by atoms with Gasteiger partial charge in [-0.3, -0.25) is 0 Å². The van der Waals surface area contributed by atoms with Crippen LogP contribution in [-0.4, -0.2) is 0 Å². The summed E-state index contributed by atoms with van der Waals surface area (Å²) in [4.78, 5) is 1.11. The highest BCUT2D eigenvalue weighted by molar-refractivity contribution is 7.19. The summed E-state index contributed by atoms with van der Waals surface area (Å²) in [5.41, 5.74) is 6.05. The molecule has 0 bridgehead atoms. The number of nitrogens with two attached hydrogens (primary N) is 1. The van der Waals surface area contributed by atoms with Crippen LogP contribution in [0, 0.1) is 5.82 Å². The number of thiophene rings is 1. The molecule has 0 radical (unpaired) electrons. The number of halogens is 1. The van der Waals surface area contributed by atoms with Gasteiger partial charge in [0.1, 0.15) is 5.82 Å². The second kappa shape index (κ2) is 4.76. The number of fused-ring (bicyclic) bond motifs is 1. The predicted molar refractivity (Wildman–Crippen MR) is 68.1 cm³/mol. The van der Waals surface area contributed by atoms with Crippen LogP contribution in [0.1, 0.15) is 23.8 Å². The highest BCUT2D eigenvalue weighted by Crippen LogP contribution is 2.31. The summed E-state index contributed by atoms with van der Waals surface area (Å²) >= 11 is 1.57. The number of hydrogen-bond donors (Lipinski definition) is 1. The van der Waals surface area contributed by atoms with Crippen molar-refractivity contribution in [2.75, 3.05) is 0 Å². The lowest BCUT2D eigenvalue weighted by atomic mass is 10.1. The van der Waals surface area contributed by atoms with Crippen molar-refractivity contribution in [2.24, 2.45) is 5.73 Å². The van der Waals surface area contributed by atoms with E-state index >= 15 is 0 Å². The van der Waals surface area contributed by atoms with Crippen LogP contribution in [0.5, 0.6) is 0 Å². The van der Waals surface area contributed by atoms with Gasteiger partial charge in [-0.05, 0) is 36.4 Å². The zero-order chi connectivity index (χ0) is 11.5. The molecule has 0 aliphatic carbocycles. The van der Waals surface area contributed by atoms with E-state index in [1.54, 1.807) is 23.5 Å². The highest BCUT2D eigenvalue weighted by Gasteiger charge is 2.09. The third-order valence-electron chi connectivity index (χ3n) is 2.55. The zero-order valence-corrected chi connectivity index (χ0v) is 9.77. The van der Waals surface area contributed by atoms with Gasteiger partial charge >= 0.3 is 0 Å². The SMILES string of the molecule is C=CCCC(N)c1cc2ccc(F)cc2s1. The fraction of sp³-hybridized carbons (Fsp3) is 0.231.